The number of pyridine rings is 1. The molecule has 2 N–H and O–H groups in total. The number of nitrogens with two attached hydrogens (primary N) is 1. The van der Waals surface area contributed by atoms with Gasteiger partial charge in [-0.2, -0.15) is 23.7 Å². The van der Waals surface area contributed by atoms with Gasteiger partial charge < -0.3 is 0 Å². The molecule has 122 valence electrons. The Morgan fingerprint density at radius 2 is 1.74 bits per heavy atom. The normalized spacial score (nSPS) is 11.1. The van der Waals surface area contributed by atoms with E-state index in [1.165, 1.54) is 0 Å². The lowest BCUT2D eigenvalue weighted by atomic mass is 10.1. The van der Waals surface area contributed by atoms with E-state index in [9.17, 15) is 8.42 Å². The van der Waals surface area contributed by atoms with Crippen molar-refractivity contribution in [1.82, 2.24) is 9.61 Å². The van der Waals surface area contributed by atoms with Gasteiger partial charge in [0.1, 0.15) is 4.90 Å². The van der Waals surface area contributed by atoms with E-state index in [1.54, 1.807) is 32.2 Å². The standard InChI is InChI=1S/C9H13NO3S.C7H6N2/c1-6-4-7(2)9(8(3)5-6)14(11,12)13-10;1-2-6-9-7(3-1)4-5-8-9/h4-5H,10H2,1-3H3;1-6H. The fourth-order valence-corrected chi connectivity index (χ4v) is 3.48. The van der Waals surface area contributed by atoms with Crippen LogP contribution >= 0.6 is 0 Å². The number of hydrogen-bond acceptors (Lipinski definition) is 5. The lowest BCUT2D eigenvalue weighted by molar-refractivity contribution is 0.332. The summed E-state index contributed by atoms with van der Waals surface area (Å²) in [5.74, 6) is 4.73. The van der Waals surface area contributed by atoms with E-state index in [-0.39, 0.29) is 4.90 Å². The maximum absolute atomic E-state index is 11.4. The Morgan fingerprint density at radius 3 is 2.30 bits per heavy atom. The van der Waals surface area contributed by atoms with E-state index < -0.39 is 10.1 Å². The van der Waals surface area contributed by atoms with Crippen molar-refractivity contribution < 1.29 is 12.7 Å². The summed E-state index contributed by atoms with van der Waals surface area (Å²) in [6.07, 6.45) is 3.71. The summed E-state index contributed by atoms with van der Waals surface area (Å²) < 4.78 is 28.6. The largest absolute Gasteiger partial charge is 0.313 e. The SMILES string of the molecule is Cc1cc(C)c(S(=O)(=O)ON)c(C)c1.c1ccn2nccc2c1. The van der Waals surface area contributed by atoms with Crippen LogP contribution in [0.1, 0.15) is 16.7 Å². The van der Waals surface area contributed by atoms with Crippen molar-refractivity contribution in [3.8, 4) is 0 Å². The molecule has 0 fully saturated rings. The van der Waals surface area contributed by atoms with E-state index in [4.69, 9.17) is 5.90 Å². The maximum atomic E-state index is 11.4. The van der Waals surface area contributed by atoms with Gasteiger partial charge in [-0.05, 0) is 50.1 Å². The van der Waals surface area contributed by atoms with Gasteiger partial charge in [-0.3, -0.25) is 0 Å². The summed E-state index contributed by atoms with van der Waals surface area (Å²) in [7, 11) is -3.80. The van der Waals surface area contributed by atoms with Crippen LogP contribution in [0.15, 0.2) is 53.7 Å². The zero-order chi connectivity index (χ0) is 17.0. The first kappa shape index (κ1) is 17.1. The molecule has 0 bridgehead atoms. The van der Waals surface area contributed by atoms with Crippen molar-refractivity contribution in [3.05, 3.63) is 65.5 Å². The Balaban J connectivity index is 0.000000182. The summed E-state index contributed by atoms with van der Waals surface area (Å²) in [6.45, 7) is 5.33. The zero-order valence-electron chi connectivity index (χ0n) is 13.2. The Hall–Kier alpha value is -2.22. The molecule has 0 aliphatic carbocycles. The lowest BCUT2D eigenvalue weighted by Crippen LogP contribution is -2.14. The Labute approximate surface area is 135 Å². The minimum Gasteiger partial charge on any atom is -0.241 e. The Morgan fingerprint density at radius 1 is 1.09 bits per heavy atom. The van der Waals surface area contributed by atoms with Crippen molar-refractivity contribution in [3.63, 3.8) is 0 Å². The van der Waals surface area contributed by atoms with Crippen LogP contribution in [0.5, 0.6) is 0 Å². The first-order chi connectivity index (χ1) is 10.8. The molecule has 2 heterocycles. The van der Waals surface area contributed by atoms with Crippen molar-refractivity contribution in [2.45, 2.75) is 25.7 Å². The van der Waals surface area contributed by atoms with Gasteiger partial charge in [-0.15, -0.1) is 0 Å². The van der Waals surface area contributed by atoms with Crippen LogP contribution in [-0.2, 0) is 14.4 Å². The molecule has 0 aliphatic heterocycles. The molecule has 0 spiro atoms. The monoisotopic (exact) mass is 333 g/mol. The highest BCUT2D eigenvalue weighted by molar-refractivity contribution is 7.86. The minimum atomic E-state index is -3.80. The number of nitrogens with zero attached hydrogens (tertiary/aromatic N) is 2. The molecule has 0 unspecified atom stereocenters. The van der Waals surface area contributed by atoms with E-state index in [0.717, 1.165) is 11.1 Å². The van der Waals surface area contributed by atoms with Gasteiger partial charge in [-0.1, -0.05) is 23.8 Å². The molecule has 0 saturated carbocycles. The van der Waals surface area contributed by atoms with Crippen molar-refractivity contribution in [1.29, 1.82) is 0 Å². The van der Waals surface area contributed by atoms with E-state index in [1.807, 2.05) is 41.9 Å². The third kappa shape index (κ3) is 3.95. The third-order valence-electron chi connectivity index (χ3n) is 3.29. The molecule has 3 rings (SSSR count). The number of rotatable bonds is 2. The van der Waals surface area contributed by atoms with Crippen LogP contribution in [0, 0.1) is 20.8 Å². The zero-order valence-corrected chi connectivity index (χ0v) is 14.0. The highest BCUT2D eigenvalue weighted by Crippen LogP contribution is 2.22. The quantitative estimate of drug-likeness (QED) is 0.728. The average molecular weight is 333 g/mol. The van der Waals surface area contributed by atoms with Crippen LogP contribution in [-0.4, -0.2) is 18.0 Å². The van der Waals surface area contributed by atoms with Crippen molar-refractivity contribution in [2.24, 2.45) is 5.90 Å². The molecule has 0 saturated heterocycles. The smallest absolute Gasteiger partial charge is 0.241 e. The average Bonchev–Trinajstić information content (AvgIpc) is 2.95. The van der Waals surface area contributed by atoms with Gasteiger partial charge in [0, 0.05) is 12.4 Å². The molecule has 3 aromatic rings. The molecule has 0 aliphatic rings. The van der Waals surface area contributed by atoms with Crippen LogP contribution in [0.3, 0.4) is 0 Å². The molecular formula is C16H19N3O3S. The predicted molar refractivity (Wildman–Crippen MR) is 88.3 cm³/mol. The molecule has 2 aromatic heterocycles. The second kappa shape index (κ2) is 6.91. The summed E-state index contributed by atoms with van der Waals surface area (Å²) in [5, 5.41) is 4.04. The van der Waals surface area contributed by atoms with E-state index in [0.29, 0.717) is 11.1 Å². The molecule has 23 heavy (non-hydrogen) atoms. The summed E-state index contributed by atoms with van der Waals surface area (Å²) in [5.41, 5.74) is 3.44. The molecule has 6 nitrogen and oxygen atoms in total. The van der Waals surface area contributed by atoms with Crippen molar-refractivity contribution in [2.75, 3.05) is 0 Å². The molecule has 0 radical (unpaired) electrons. The molecule has 7 heteroatoms. The predicted octanol–water partition coefficient (Wildman–Crippen LogP) is 2.53. The fourth-order valence-electron chi connectivity index (χ4n) is 2.48. The number of aromatic nitrogens is 2. The van der Waals surface area contributed by atoms with Crippen LogP contribution < -0.4 is 5.90 Å². The molecular weight excluding hydrogens is 314 g/mol. The fraction of sp³-hybridized carbons (Fsp3) is 0.188. The third-order valence-corrected chi connectivity index (χ3v) is 4.68. The lowest BCUT2D eigenvalue weighted by Gasteiger charge is -2.09. The number of fused-ring (bicyclic) bond motifs is 1. The second-order valence-electron chi connectivity index (χ2n) is 5.18. The summed E-state index contributed by atoms with van der Waals surface area (Å²) in [6, 6.07) is 11.5. The Kier molecular flexibility index (Phi) is 5.15. The Bertz CT molecular complexity index is 864. The summed E-state index contributed by atoms with van der Waals surface area (Å²) in [4.78, 5) is 0.158. The number of hydrogen-bond donors (Lipinski definition) is 1. The maximum Gasteiger partial charge on any atom is 0.313 e. The van der Waals surface area contributed by atoms with Crippen molar-refractivity contribution >= 4 is 15.6 Å². The van der Waals surface area contributed by atoms with Gasteiger partial charge in [-0.25, -0.2) is 4.52 Å². The first-order valence-corrected chi connectivity index (χ1v) is 8.35. The highest BCUT2D eigenvalue weighted by Gasteiger charge is 2.19. The second-order valence-corrected chi connectivity index (χ2v) is 6.69. The molecule has 1 aromatic carbocycles. The first-order valence-electron chi connectivity index (χ1n) is 6.95. The van der Waals surface area contributed by atoms with Gasteiger partial charge in [0.15, 0.2) is 0 Å². The van der Waals surface area contributed by atoms with Gasteiger partial charge in [0.25, 0.3) is 0 Å². The number of benzene rings is 1. The van der Waals surface area contributed by atoms with Gasteiger partial charge >= 0.3 is 10.1 Å². The number of aryl methyl sites for hydroxylation is 3. The van der Waals surface area contributed by atoms with Crippen LogP contribution in [0.25, 0.3) is 5.52 Å². The molecule has 0 atom stereocenters. The van der Waals surface area contributed by atoms with Crippen LogP contribution in [0.4, 0.5) is 0 Å². The highest BCUT2D eigenvalue weighted by atomic mass is 32.2. The topological polar surface area (TPSA) is 86.7 Å². The van der Waals surface area contributed by atoms with E-state index >= 15 is 0 Å². The van der Waals surface area contributed by atoms with Gasteiger partial charge in [0.2, 0.25) is 0 Å². The minimum absolute atomic E-state index is 0.158. The van der Waals surface area contributed by atoms with Crippen LogP contribution in [0.2, 0.25) is 0 Å². The summed E-state index contributed by atoms with van der Waals surface area (Å²) >= 11 is 0. The van der Waals surface area contributed by atoms with Gasteiger partial charge in [0.05, 0.1) is 5.52 Å². The van der Waals surface area contributed by atoms with E-state index in [2.05, 4.69) is 9.38 Å². The molecule has 0 amide bonds.